The molecule has 0 rings (SSSR count). The molecule has 0 aliphatic heterocycles. The molecule has 0 N–H and O–H groups in total. The summed E-state index contributed by atoms with van der Waals surface area (Å²) in [4.78, 5) is 3.97. The molecule has 0 saturated carbocycles. The minimum absolute atomic E-state index is 0.396. The highest BCUT2D eigenvalue weighted by molar-refractivity contribution is 5.88. The fraction of sp³-hybridized carbons (Fsp3) is 0.308. The first-order valence-electron chi connectivity index (χ1n) is 5.04. The van der Waals surface area contributed by atoms with E-state index in [2.05, 4.69) is 11.6 Å². The summed E-state index contributed by atoms with van der Waals surface area (Å²) in [6.07, 6.45) is 9.82. The fourth-order valence-corrected chi connectivity index (χ4v) is 0.851. The second-order valence-corrected chi connectivity index (χ2v) is 3.19. The Kier molecular flexibility index (Phi) is 8.88. The third-order valence-corrected chi connectivity index (χ3v) is 1.43. The minimum atomic E-state index is -0.452. The normalized spacial score (nSPS) is 12.1. The van der Waals surface area contributed by atoms with Gasteiger partial charge in [-0.15, -0.1) is 0 Å². The van der Waals surface area contributed by atoms with E-state index in [0.29, 0.717) is 12.5 Å². The molecule has 0 aliphatic carbocycles. The Bertz CT molecular complexity index is 310. The highest BCUT2D eigenvalue weighted by Gasteiger charge is 1.92. The number of ether oxygens (including phenoxy) is 1. The molecule has 0 unspecified atom stereocenters. The Morgan fingerprint density at radius 3 is 2.56 bits per heavy atom. The van der Waals surface area contributed by atoms with Crippen molar-refractivity contribution in [2.45, 2.75) is 13.8 Å². The predicted molar refractivity (Wildman–Crippen MR) is 67.3 cm³/mol. The second kappa shape index (κ2) is 9.90. The van der Waals surface area contributed by atoms with Gasteiger partial charge in [0.05, 0.1) is 0 Å². The molecule has 0 amide bonds. The lowest BCUT2D eigenvalue weighted by molar-refractivity contribution is 0.353. The monoisotopic (exact) mass is 223 g/mol. The summed E-state index contributed by atoms with van der Waals surface area (Å²) in [7, 11) is 0. The third kappa shape index (κ3) is 8.94. The van der Waals surface area contributed by atoms with E-state index in [0.717, 1.165) is 5.57 Å². The van der Waals surface area contributed by atoms with Gasteiger partial charge in [0.1, 0.15) is 13.3 Å². The van der Waals surface area contributed by atoms with Crippen molar-refractivity contribution in [2.24, 2.45) is 4.99 Å². The molecule has 0 atom stereocenters. The first-order valence-corrected chi connectivity index (χ1v) is 5.04. The standard InChI is InChI=1S/C13H18FNO/c1-4-15-13(11-12(2)3)16-10-8-6-5-7-9-14/h4-8,11H,1,9-10H2,2-3H3/b7-5-,8-6-,15-13?. The predicted octanol–water partition coefficient (Wildman–Crippen LogP) is 3.59. The van der Waals surface area contributed by atoms with E-state index in [4.69, 9.17) is 4.74 Å². The van der Waals surface area contributed by atoms with Gasteiger partial charge in [-0.25, -0.2) is 9.38 Å². The van der Waals surface area contributed by atoms with Crippen LogP contribution in [0.15, 0.2) is 53.7 Å². The van der Waals surface area contributed by atoms with Crippen molar-refractivity contribution in [3.8, 4) is 0 Å². The van der Waals surface area contributed by atoms with E-state index in [1.165, 1.54) is 12.3 Å². The van der Waals surface area contributed by atoms with E-state index in [9.17, 15) is 4.39 Å². The zero-order chi connectivity index (χ0) is 12.2. The molecule has 0 aromatic carbocycles. The number of rotatable bonds is 6. The maximum atomic E-state index is 11.7. The van der Waals surface area contributed by atoms with Crippen LogP contribution < -0.4 is 0 Å². The number of hydrogen-bond donors (Lipinski definition) is 0. The lowest BCUT2D eigenvalue weighted by atomic mass is 10.3. The van der Waals surface area contributed by atoms with Crippen LogP contribution >= 0.6 is 0 Å². The molecule has 0 aromatic heterocycles. The van der Waals surface area contributed by atoms with E-state index in [-0.39, 0.29) is 0 Å². The maximum Gasteiger partial charge on any atom is 0.213 e. The maximum absolute atomic E-state index is 11.7. The van der Waals surface area contributed by atoms with Crippen LogP contribution in [-0.2, 0) is 4.74 Å². The largest absolute Gasteiger partial charge is 0.473 e. The molecule has 0 bridgehead atoms. The SMILES string of the molecule is C=CN=C(C=C(C)C)OC/C=C\C=C/CF. The average Bonchev–Trinajstić information content (AvgIpc) is 2.22. The van der Waals surface area contributed by atoms with Crippen LogP contribution in [0.5, 0.6) is 0 Å². The smallest absolute Gasteiger partial charge is 0.213 e. The van der Waals surface area contributed by atoms with Crippen molar-refractivity contribution >= 4 is 5.90 Å². The van der Waals surface area contributed by atoms with Crippen LogP contribution in [0.3, 0.4) is 0 Å². The van der Waals surface area contributed by atoms with Crippen LogP contribution in [0.2, 0.25) is 0 Å². The zero-order valence-corrected chi connectivity index (χ0v) is 9.82. The summed E-state index contributed by atoms with van der Waals surface area (Å²) in [5, 5.41) is 0. The number of hydrogen-bond acceptors (Lipinski definition) is 2. The molecule has 0 fully saturated rings. The highest BCUT2D eigenvalue weighted by Crippen LogP contribution is 1.95. The Labute approximate surface area is 96.5 Å². The van der Waals surface area contributed by atoms with E-state index >= 15 is 0 Å². The molecule has 16 heavy (non-hydrogen) atoms. The van der Waals surface area contributed by atoms with Gasteiger partial charge in [0.2, 0.25) is 5.90 Å². The van der Waals surface area contributed by atoms with Crippen molar-refractivity contribution in [3.05, 3.63) is 48.7 Å². The van der Waals surface area contributed by atoms with Gasteiger partial charge in [0.25, 0.3) is 0 Å². The van der Waals surface area contributed by atoms with Gasteiger partial charge in [-0.1, -0.05) is 30.4 Å². The van der Waals surface area contributed by atoms with Gasteiger partial charge in [0.15, 0.2) is 0 Å². The van der Waals surface area contributed by atoms with Crippen LogP contribution in [0.4, 0.5) is 4.39 Å². The second-order valence-electron chi connectivity index (χ2n) is 3.19. The zero-order valence-electron chi connectivity index (χ0n) is 9.82. The first kappa shape index (κ1) is 14.4. The van der Waals surface area contributed by atoms with Crippen LogP contribution in [-0.4, -0.2) is 19.2 Å². The summed E-state index contributed by atoms with van der Waals surface area (Å²) in [6, 6.07) is 0. The van der Waals surface area contributed by atoms with E-state index < -0.39 is 6.67 Å². The molecule has 0 spiro atoms. The topological polar surface area (TPSA) is 21.6 Å². The Morgan fingerprint density at radius 1 is 1.31 bits per heavy atom. The average molecular weight is 223 g/mol. The molecule has 88 valence electrons. The quantitative estimate of drug-likeness (QED) is 0.383. The molecular weight excluding hydrogens is 205 g/mol. The molecule has 0 radical (unpaired) electrons. The number of aliphatic imine (C=N–C) groups is 1. The summed E-state index contributed by atoms with van der Waals surface area (Å²) in [5.74, 6) is 0.522. The third-order valence-electron chi connectivity index (χ3n) is 1.43. The molecule has 0 saturated heterocycles. The number of allylic oxidation sites excluding steroid dienone is 4. The van der Waals surface area contributed by atoms with Crippen molar-refractivity contribution < 1.29 is 9.13 Å². The number of halogens is 1. The van der Waals surface area contributed by atoms with Crippen LogP contribution in [0.25, 0.3) is 0 Å². The fourth-order valence-electron chi connectivity index (χ4n) is 0.851. The van der Waals surface area contributed by atoms with Crippen molar-refractivity contribution in [1.82, 2.24) is 0 Å². The van der Waals surface area contributed by atoms with E-state index in [1.54, 1.807) is 18.2 Å². The van der Waals surface area contributed by atoms with Gasteiger partial charge in [-0.05, 0) is 26.0 Å². The van der Waals surface area contributed by atoms with Gasteiger partial charge in [-0.2, -0.15) is 0 Å². The van der Waals surface area contributed by atoms with E-state index in [1.807, 2.05) is 19.9 Å². The molecule has 0 heterocycles. The van der Waals surface area contributed by atoms with Crippen LogP contribution in [0.1, 0.15) is 13.8 Å². The lowest BCUT2D eigenvalue weighted by Gasteiger charge is -2.01. The van der Waals surface area contributed by atoms with Gasteiger partial charge in [-0.3, -0.25) is 0 Å². The Balaban J connectivity index is 4.09. The molecular formula is C13H18FNO. The molecule has 3 heteroatoms. The summed E-state index contributed by atoms with van der Waals surface area (Å²) >= 11 is 0. The van der Waals surface area contributed by atoms with Crippen molar-refractivity contribution in [1.29, 1.82) is 0 Å². The first-order chi connectivity index (χ1) is 7.70. The Hall–Kier alpha value is -1.64. The summed E-state index contributed by atoms with van der Waals surface area (Å²) in [6.45, 7) is 7.37. The number of alkyl halides is 1. The molecule has 2 nitrogen and oxygen atoms in total. The van der Waals surface area contributed by atoms with Crippen molar-refractivity contribution in [2.75, 3.05) is 13.3 Å². The minimum Gasteiger partial charge on any atom is -0.473 e. The van der Waals surface area contributed by atoms with Gasteiger partial charge >= 0.3 is 0 Å². The summed E-state index contributed by atoms with van der Waals surface area (Å²) in [5.41, 5.74) is 1.10. The lowest BCUT2D eigenvalue weighted by Crippen LogP contribution is -2.01. The molecule has 0 aliphatic rings. The Morgan fingerprint density at radius 2 is 2.00 bits per heavy atom. The molecule has 0 aromatic rings. The summed E-state index contributed by atoms with van der Waals surface area (Å²) < 4.78 is 17.0. The van der Waals surface area contributed by atoms with Gasteiger partial charge < -0.3 is 4.74 Å². The number of nitrogens with zero attached hydrogens (tertiary/aromatic N) is 1. The van der Waals surface area contributed by atoms with Gasteiger partial charge in [0, 0.05) is 6.20 Å². The highest BCUT2D eigenvalue weighted by atomic mass is 19.1. The van der Waals surface area contributed by atoms with Crippen molar-refractivity contribution in [3.63, 3.8) is 0 Å². The van der Waals surface area contributed by atoms with Crippen LogP contribution in [0, 0.1) is 0 Å².